The number of aliphatic hydroxyl groups excluding tert-OH is 5. The molecular weight excluding hydrogens is 1340 g/mol. The van der Waals surface area contributed by atoms with Crippen molar-refractivity contribution in [3.8, 4) is 0 Å². The molecule has 0 spiro atoms. The number of methoxy groups -OCH3 is 1. The minimum absolute atomic E-state index is 0. The number of rotatable bonds is 16. The van der Waals surface area contributed by atoms with Crippen LogP contribution < -0.4 is 11.1 Å². The maximum Gasteiger partial charge on any atom is 0.416 e. The molecule has 0 saturated heterocycles. The molecule has 0 bridgehead atoms. The summed E-state index contributed by atoms with van der Waals surface area (Å²) in [5.41, 5.74) is 10.7. The normalized spacial score (nSPS) is 11.6. The van der Waals surface area contributed by atoms with Gasteiger partial charge in [0.15, 0.2) is 0 Å². The standard InChI is InChI=1S/C22H22F3N.C22H20F3N.C12H13N.C11H13F3O.4C3H8O.C2H6O.CH4.Ti/c2*1-16(20-13-5-10-18-9-2-3-12-21(18)20)26-14-6-8-17-7-4-11-19(15-17)22(23,24)25;1-9(13)11-8-4-6-10-5-2-3-7-12(10)11;1-15-7-3-5-9-4-2-6-10(8-9)11(12,13)14;4*1-3(2)4;1-2-3;;/h2-5,7,9-13,15-16,26H,6,8,14H2,1H3;2-5,7,9-13,15H,6,8,14H2,1H3;2-9H,13H2,1H3;2,4,6,8H,3,5,7H2,1H3;4*3-4H,1-2H3;3H,2H2,1H3;1H4;. The van der Waals surface area contributed by atoms with E-state index in [1.54, 1.807) is 87.6 Å². The van der Waals surface area contributed by atoms with E-state index in [1.165, 1.54) is 74.5 Å². The topological polar surface area (TPSA) is 161 Å². The monoisotopic (exact) mass is 1450 g/mol. The van der Waals surface area contributed by atoms with Crippen molar-refractivity contribution in [3.05, 3.63) is 250 Å². The number of nitrogens with one attached hydrogen (secondary N) is 1. The number of hydrogen-bond donors (Lipinski definition) is 7. The van der Waals surface area contributed by atoms with Crippen molar-refractivity contribution in [2.75, 3.05) is 33.4 Å². The summed E-state index contributed by atoms with van der Waals surface area (Å²) < 4.78 is 118. The van der Waals surface area contributed by atoms with E-state index >= 15 is 0 Å². The molecule has 2 atom stereocenters. The van der Waals surface area contributed by atoms with Gasteiger partial charge in [-0.1, -0.05) is 189 Å². The van der Waals surface area contributed by atoms with Gasteiger partial charge >= 0.3 is 18.5 Å². The third-order valence-electron chi connectivity index (χ3n) is 13.4. The Kier molecular flexibility index (Phi) is 49.7. The first kappa shape index (κ1) is 96.2. The molecule has 0 amide bonds. The van der Waals surface area contributed by atoms with Crippen LogP contribution >= 0.6 is 0 Å². The number of hydrogen-bond acceptors (Lipinski definition) is 9. The second-order valence-electron chi connectivity index (χ2n) is 24.2. The molecule has 0 aliphatic carbocycles. The van der Waals surface area contributed by atoms with Crippen molar-refractivity contribution >= 4 is 38.0 Å². The van der Waals surface area contributed by atoms with Gasteiger partial charge < -0.3 is 41.3 Å². The minimum atomic E-state index is -4.29. The van der Waals surface area contributed by atoms with Gasteiger partial charge in [0, 0.05) is 96.4 Å². The number of nitrogens with two attached hydrogens (primary N) is 1. The van der Waals surface area contributed by atoms with Crippen LogP contribution in [0.25, 0.3) is 32.3 Å². The van der Waals surface area contributed by atoms with Gasteiger partial charge in [-0.15, -0.1) is 0 Å². The molecule has 9 nitrogen and oxygen atoms in total. The predicted molar refractivity (Wildman–Crippen MR) is 398 cm³/mol. The van der Waals surface area contributed by atoms with E-state index < -0.39 is 35.2 Å². The molecule has 19 heteroatoms. The molecule has 9 aromatic carbocycles. The van der Waals surface area contributed by atoms with Crippen LogP contribution in [0, 0.1) is 0 Å². The van der Waals surface area contributed by atoms with E-state index in [2.05, 4.69) is 96.1 Å². The second kappa shape index (κ2) is 52.2. The van der Waals surface area contributed by atoms with Gasteiger partial charge in [-0.2, -0.15) is 39.5 Å². The molecule has 0 fully saturated rings. The smallest absolute Gasteiger partial charge is 0.397 e. The molecule has 9 rings (SSSR count). The van der Waals surface area contributed by atoms with Crippen LogP contribution in [0.15, 0.2) is 205 Å². The molecule has 2 unspecified atom stereocenters. The summed E-state index contributed by atoms with van der Waals surface area (Å²) in [5.74, 6) is 0. The summed E-state index contributed by atoms with van der Waals surface area (Å²) in [6.07, 6.45) is -9.45. The Morgan fingerprint density at radius 1 is 0.455 bits per heavy atom. The maximum absolute atomic E-state index is 12.8. The zero-order valence-corrected chi connectivity index (χ0v) is 61.7. The number of aliphatic imine (C=N–C) groups is 1. The Hall–Kier alpha value is -6.81. The summed E-state index contributed by atoms with van der Waals surface area (Å²) >= 11 is 0. The molecule has 8 N–H and O–H groups in total. The molecule has 101 heavy (non-hydrogen) atoms. The summed E-state index contributed by atoms with van der Waals surface area (Å²) in [7, 11) is 1.58. The fourth-order valence-electron chi connectivity index (χ4n) is 9.28. The van der Waals surface area contributed by atoms with E-state index in [1.807, 2.05) is 62.4 Å². The fraction of sp³-hybridized carbons (Fsp3) is 0.402. The molecule has 0 radical (unpaired) electrons. The van der Waals surface area contributed by atoms with Crippen molar-refractivity contribution in [3.63, 3.8) is 0 Å². The zero-order chi connectivity index (χ0) is 74.7. The quantitative estimate of drug-likeness (QED) is 0.0218. The van der Waals surface area contributed by atoms with Crippen LogP contribution in [0.2, 0.25) is 0 Å². The Balaban J connectivity index is 0. The fourth-order valence-corrected chi connectivity index (χ4v) is 9.28. The largest absolute Gasteiger partial charge is 0.416 e. The van der Waals surface area contributed by atoms with Crippen LogP contribution in [0.5, 0.6) is 0 Å². The first-order chi connectivity index (χ1) is 46.6. The molecular formula is C82H110F9N3O6Ti. The van der Waals surface area contributed by atoms with Crippen LogP contribution in [0.4, 0.5) is 39.5 Å². The zero-order valence-electron chi connectivity index (χ0n) is 60.2. The van der Waals surface area contributed by atoms with Gasteiger partial charge in [-0.25, -0.2) is 0 Å². The van der Waals surface area contributed by atoms with Crippen molar-refractivity contribution in [1.82, 2.24) is 5.32 Å². The van der Waals surface area contributed by atoms with Crippen LogP contribution in [0.1, 0.15) is 172 Å². The van der Waals surface area contributed by atoms with Crippen LogP contribution in [0.3, 0.4) is 0 Å². The van der Waals surface area contributed by atoms with E-state index in [0.29, 0.717) is 50.0 Å². The summed E-state index contributed by atoms with van der Waals surface area (Å²) in [4.78, 5) is 4.63. The minimum Gasteiger partial charge on any atom is -0.397 e. The molecule has 0 aromatic heterocycles. The van der Waals surface area contributed by atoms with Crippen molar-refractivity contribution in [2.24, 2.45) is 10.7 Å². The molecule has 0 aliphatic heterocycles. The van der Waals surface area contributed by atoms with E-state index in [0.717, 1.165) is 59.8 Å². The average molecular weight is 1450 g/mol. The van der Waals surface area contributed by atoms with E-state index in [9.17, 15) is 39.5 Å². The van der Waals surface area contributed by atoms with Gasteiger partial charge in [0.2, 0.25) is 0 Å². The van der Waals surface area contributed by atoms with Gasteiger partial charge in [-0.3, -0.25) is 4.99 Å². The summed E-state index contributed by atoms with van der Waals surface area (Å²) in [6.45, 7) is 23.7. The molecule has 0 aliphatic rings. The molecule has 0 heterocycles. The second-order valence-corrected chi connectivity index (χ2v) is 24.2. The third kappa shape index (κ3) is 42.4. The average Bonchev–Trinajstić information content (AvgIpc) is 0.841. The third-order valence-corrected chi connectivity index (χ3v) is 13.4. The number of benzene rings is 9. The van der Waals surface area contributed by atoms with Crippen LogP contribution in [-0.4, -0.2) is 89.1 Å². The number of alkyl halides is 9. The summed E-state index contributed by atoms with van der Waals surface area (Å²) in [6, 6.07) is 60.2. The van der Waals surface area contributed by atoms with E-state index in [-0.39, 0.29) is 72.3 Å². The number of nitrogens with zero attached hydrogens (tertiary/aromatic N) is 1. The SMILES string of the molecule is C.CC(=NCCCc1cccc(C(F)(F)F)c1)c1cccc2ccccc12.CC(C)O.CC(C)O.CC(C)O.CC(C)O.CC(N)c1cccc2ccccc12.CC(NCCCc1cccc(C(F)(F)F)c1)c1cccc2ccccc12.CCO.COCCCc1cccc(C(F)(F)F)c1.[Ti]. The number of ether oxygens (including phenoxy) is 1. The summed E-state index contributed by atoms with van der Waals surface area (Å²) in [5, 5.41) is 50.6. The van der Waals surface area contributed by atoms with Gasteiger partial charge in [-0.05, 0) is 206 Å². The van der Waals surface area contributed by atoms with Crippen molar-refractivity contribution in [2.45, 2.75) is 184 Å². The Morgan fingerprint density at radius 2 is 0.762 bits per heavy atom. The number of aliphatic hydroxyl groups is 5. The first-order valence-corrected chi connectivity index (χ1v) is 33.3. The Morgan fingerprint density at radius 3 is 1.14 bits per heavy atom. The molecule has 0 saturated carbocycles. The van der Waals surface area contributed by atoms with Crippen molar-refractivity contribution < 1.29 is 91.5 Å². The Bertz CT molecular complexity index is 3600. The number of fused-ring (bicyclic) bond motifs is 3. The first-order valence-electron chi connectivity index (χ1n) is 33.3. The van der Waals surface area contributed by atoms with Gasteiger partial charge in [0.25, 0.3) is 0 Å². The number of aryl methyl sites for hydroxylation is 3. The predicted octanol–water partition coefficient (Wildman–Crippen LogP) is 20.8. The molecule has 9 aromatic rings. The van der Waals surface area contributed by atoms with Gasteiger partial charge in [0.05, 0.1) is 16.7 Å². The molecule has 556 valence electrons. The van der Waals surface area contributed by atoms with Gasteiger partial charge in [0.1, 0.15) is 0 Å². The van der Waals surface area contributed by atoms with E-state index in [4.69, 9.17) is 36.0 Å². The van der Waals surface area contributed by atoms with Crippen LogP contribution in [-0.2, 0) is 64.2 Å². The number of halogens is 9. The van der Waals surface area contributed by atoms with Crippen molar-refractivity contribution in [1.29, 1.82) is 0 Å². The Labute approximate surface area is 610 Å². The maximum atomic E-state index is 12.8.